The predicted molar refractivity (Wildman–Crippen MR) is 67.5 cm³/mol. The van der Waals surface area contributed by atoms with Crippen molar-refractivity contribution in [3.05, 3.63) is 47.5 Å². The number of aromatic nitrogens is 3. The van der Waals surface area contributed by atoms with Crippen LogP contribution >= 0.6 is 11.8 Å². The number of thioether (sulfide) groups is 1. The quantitative estimate of drug-likeness (QED) is 0.671. The molecule has 2 heterocycles. The van der Waals surface area contributed by atoms with Gasteiger partial charge in [-0.3, -0.25) is 0 Å². The maximum atomic E-state index is 10.8. The van der Waals surface area contributed by atoms with Gasteiger partial charge in [-0.25, -0.2) is 19.7 Å². The Morgan fingerprint density at radius 1 is 1.33 bits per heavy atom. The first-order chi connectivity index (χ1) is 8.65. The van der Waals surface area contributed by atoms with Crippen molar-refractivity contribution >= 4 is 17.7 Å². The van der Waals surface area contributed by atoms with Crippen molar-refractivity contribution < 1.29 is 9.90 Å². The second-order valence-corrected chi connectivity index (χ2v) is 4.53. The summed E-state index contributed by atoms with van der Waals surface area (Å²) >= 11 is 1.43. The van der Waals surface area contributed by atoms with Crippen molar-refractivity contribution in [3.63, 3.8) is 0 Å². The van der Waals surface area contributed by atoms with Gasteiger partial charge in [0.25, 0.3) is 0 Å². The lowest BCUT2D eigenvalue weighted by Gasteiger charge is -2.01. The number of pyridine rings is 1. The van der Waals surface area contributed by atoms with Crippen molar-refractivity contribution in [2.45, 2.75) is 17.8 Å². The molecule has 0 saturated heterocycles. The fourth-order valence-corrected chi connectivity index (χ4v) is 2.09. The number of carboxylic acid groups (broad SMARTS) is 1. The summed E-state index contributed by atoms with van der Waals surface area (Å²) in [5.41, 5.74) is 1.66. The van der Waals surface area contributed by atoms with Gasteiger partial charge >= 0.3 is 5.97 Å². The van der Waals surface area contributed by atoms with Crippen molar-refractivity contribution in [2.24, 2.45) is 0 Å². The third-order valence-electron chi connectivity index (χ3n) is 2.15. The van der Waals surface area contributed by atoms with E-state index in [0.717, 1.165) is 5.69 Å². The fourth-order valence-electron chi connectivity index (χ4n) is 1.31. The molecule has 5 nitrogen and oxygen atoms in total. The highest BCUT2D eigenvalue weighted by atomic mass is 32.2. The lowest BCUT2D eigenvalue weighted by molar-refractivity contribution is 0.0690. The number of carbonyl (C=O) groups is 1. The summed E-state index contributed by atoms with van der Waals surface area (Å²) in [6.07, 6.45) is 1.70. The van der Waals surface area contributed by atoms with E-state index in [4.69, 9.17) is 5.11 Å². The van der Waals surface area contributed by atoms with Gasteiger partial charge in [0.05, 0.1) is 5.69 Å². The number of rotatable bonds is 4. The first-order valence-electron chi connectivity index (χ1n) is 5.27. The SMILES string of the molecule is Cc1ccnc(SCc2cccc(C(=O)O)n2)n1. The van der Waals surface area contributed by atoms with Gasteiger partial charge in [0.15, 0.2) is 5.16 Å². The molecule has 0 aliphatic heterocycles. The zero-order valence-corrected chi connectivity index (χ0v) is 10.5. The largest absolute Gasteiger partial charge is 0.477 e. The van der Waals surface area contributed by atoms with E-state index in [2.05, 4.69) is 15.0 Å². The molecule has 0 fully saturated rings. The van der Waals surface area contributed by atoms with E-state index in [1.165, 1.54) is 17.8 Å². The average molecular weight is 261 g/mol. The summed E-state index contributed by atoms with van der Waals surface area (Å²) in [6.45, 7) is 1.90. The zero-order chi connectivity index (χ0) is 13.0. The first-order valence-corrected chi connectivity index (χ1v) is 6.25. The number of hydrogen-bond acceptors (Lipinski definition) is 5. The van der Waals surface area contributed by atoms with Crippen molar-refractivity contribution in [2.75, 3.05) is 0 Å². The van der Waals surface area contributed by atoms with Crippen LogP contribution in [0.2, 0.25) is 0 Å². The van der Waals surface area contributed by atoms with Crippen LogP contribution in [-0.4, -0.2) is 26.0 Å². The van der Waals surface area contributed by atoms with E-state index in [1.54, 1.807) is 18.3 Å². The normalized spacial score (nSPS) is 10.3. The Balaban J connectivity index is 2.06. The Morgan fingerprint density at radius 3 is 2.89 bits per heavy atom. The Hall–Kier alpha value is -1.95. The first kappa shape index (κ1) is 12.5. The number of aryl methyl sites for hydroxylation is 1. The number of carboxylic acids is 1. The van der Waals surface area contributed by atoms with Gasteiger partial charge in [-0.05, 0) is 25.1 Å². The standard InChI is InChI=1S/C12H11N3O2S/c1-8-5-6-13-12(14-8)18-7-9-3-2-4-10(15-9)11(16)17/h2-6H,7H2,1H3,(H,16,17). The van der Waals surface area contributed by atoms with Gasteiger partial charge < -0.3 is 5.11 Å². The van der Waals surface area contributed by atoms with Gasteiger partial charge in [0, 0.05) is 17.6 Å². The van der Waals surface area contributed by atoms with Gasteiger partial charge in [0.2, 0.25) is 0 Å². The maximum Gasteiger partial charge on any atom is 0.354 e. The van der Waals surface area contributed by atoms with Crippen molar-refractivity contribution in [1.82, 2.24) is 15.0 Å². The average Bonchev–Trinajstić information content (AvgIpc) is 2.37. The third kappa shape index (κ3) is 3.27. The van der Waals surface area contributed by atoms with E-state index >= 15 is 0 Å². The zero-order valence-electron chi connectivity index (χ0n) is 9.70. The molecule has 0 radical (unpaired) electrons. The summed E-state index contributed by atoms with van der Waals surface area (Å²) in [5, 5.41) is 9.50. The van der Waals surface area contributed by atoms with Crippen LogP contribution in [0.25, 0.3) is 0 Å². The van der Waals surface area contributed by atoms with Crippen LogP contribution in [0.3, 0.4) is 0 Å². The summed E-state index contributed by atoms with van der Waals surface area (Å²) in [6, 6.07) is 6.77. The lowest BCUT2D eigenvalue weighted by atomic mass is 10.3. The van der Waals surface area contributed by atoms with Crippen LogP contribution in [0, 0.1) is 6.92 Å². The van der Waals surface area contributed by atoms with Crippen LogP contribution < -0.4 is 0 Å². The van der Waals surface area contributed by atoms with E-state index < -0.39 is 5.97 Å². The lowest BCUT2D eigenvalue weighted by Crippen LogP contribution is -2.01. The molecule has 92 valence electrons. The minimum Gasteiger partial charge on any atom is -0.477 e. The molecule has 2 aromatic heterocycles. The third-order valence-corrected chi connectivity index (χ3v) is 3.04. The molecule has 0 saturated carbocycles. The molecule has 0 spiro atoms. The van der Waals surface area contributed by atoms with Crippen molar-refractivity contribution in [1.29, 1.82) is 0 Å². The molecule has 18 heavy (non-hydrogen) atoms. The van der Waals surface area contributed by atoms with Crippen LogP contribution in [0.15, 0.2) is 35.6 Å². The molecule has 0 unspecified atom stereocenters. The Bertz CT molecular complexity index is 575. The van der Waals surface area contributed by atoms with Gasteiger partial charge in [-0.15, -0.1) is 0 Å². The molecule has 2 rings (SSSR count). The highest BCUT2D eigenvalue weighted by Gasteiger charge is 2.06. The molecular formula is C12H11N3O2S. The minimum absolute atomic E-state index is 0.0539. The molecule has 0 aliphatic rings. The Kier molecular flexibility index (Phi) is 3.88. The molecule has 0 amide bonds. The molecule has 0 atom stereocenters. The fraction of sp³-hybridized carbons (Fsp3) is 0.167. The second-order valence-electron chi connectivity index (χ2n) is 3.59. The van der Waals surface area contributed by atoms with E-state index in [-0.39, 0.29) is 5.69 Å². The number of aromatic carboxylic acids is 1. The van der Waals surface area contributed by atoms with Gasteiger partial charge in [-0.1, -0.05) is 17.8 Å². The number of hydrogen-bond donors (Lipinski definition) is 1. The Morgan fingerprint density at radius 2 is 2.17 bits per heavy atom. The molecule has 0 aromatic carbocycles. The molecule has 2 aromatic rings. The monoisotopic (exact) mass is 261 g/mol. The molecular weight excluding hydrogens is 250 g/mol. The predicted octanol–water partition coefficient (Wildman–Crippen LogP) is 2.17. The summed E-state index contributed by atoms with van der Waals surface area (Å²) in [5.74, 6) is -0.474. The van der Waals surface area contributed by atoms with E-state index in [9.17, 15) is 4.79 Å². The summed E-state index contributed by atoms with van der Waals surface area (Å²) in [4.78, 5) is 23.2. The highest BCUT2D eigenvalue weighted by molar-refractivity contribution is 7.98. The van der Waals surface area contributed by atoms with Crippen LogP contribution in [-0.2, 0) is 5.75 Å². The second kappa shape index (κ2) is 5.59. The molecule has 6 heteroatoms. The summed E-state index contributed by atoms with van der Waals surface area (Å²) < 4.78 is 0. The number of nitrogens with zero attached hydrogens (tertiary/aromatic N) is 3. The topological polar surface area (TPSA) is 76.0 Å². The maximum absolute atomic E-state index is 10.8. The van der Waals surface area contributed by atoms with Crippen LogP contribution in [0.1, 0.15) is 21.9 Å². The van der Waals surface area contributed by atoms with E-state index in [1.807, 2.05) is 13.0 Å². The van der Waals surface area contributed by atoms with Crippen molar-refractivity contribution in [3.8, 4) is 0 Å². The van der Waals surface area contributed by atoms with Crippen LogP contribution in [0.5, 0.6) is 0 Å². The Labute approximate surface area is 108 Å². The van der Waals surface area contributed by atoms with E-state index in [0.29, 0.717) is 16.6 Å². The van der Waals surface area contributed by atoms with Gasteiger partial charge in [0.1, 0.15) is 5.69 Å². The smallest absolute Gasteiger partial charge is 0.354 e. The highest BCUT2D eigenvalue weighted by Crippen LogP contribution is 2.17. The van der Waals surface area contributed by atoms with Gasteiger partial charge in [-0.2, -0.15) is 0 Å². The molecule has 1 N–H and O–H groups in total. The molecule has 0 bridgehead atoms. The summed E-state index contributed by atoms with van der Waals surface area (Å²) in [7, 11) is 0. The van der Waals surface area contributed by atoms with Crippen LogP contribution in [0.4, 0.5) is 0 Å². The molecule has 0 aliphatic carbocycles. The minimum atomic E-state index is -1.02.